The Labute approximate surface area is 123 Å². The molecule has 0 fully saturated rings. The second-order valence-corrected chi connectivity index (χ2v) is 4.60. The molecule has 0 aliphatic heterocycles. The molecule has 0 spiro atoms. The average molecular weight is 281 g/mol. The van der Waals surface area contributed by atoms with Crippen LogP contribution in [-0.4, -0.2) is 11.1 Å². The van der Waals surface area contributed by atoms with E-state index in [-0.39, 0.29) is 12.4 Å². The SMILES string of the molecule is Cc1cc(C)c(C#N)c(NC(=O)OCc2ccccc2)n1. The van der Waals surface area contributed by atoms with Gasteiger partial charge in [-0.3, -0.25) is 5.32 Å². The van der Waals surface area contributed by atoms with Gasteiger partial charge in [-0.15, -0.1) is 0 Å². The topological polar surface area (TPSA) is 75.0 Å². The van der Waals surface area contributed by atoms with E-state index in [1.54, 1.807) is 19.9 Å². The second-order valence-electron chi connectivity index (χ2n) is 4.60. The Balaban J connectivity index is 2.05. The van der Waals surface area contributed by atoms with Crippen LogP contribution in [0.4, 0.5) is 10.6 Å². The van der Waals surface area contributed by atoms with E-state index in [9.17, 15) is 4.79 Å². The van der Waals surface area contributed by atoms with E-state index in [0.29, 0.717) is 5.56 Å². The molecule has 21 heavy (non-hydrogen) atoms. The number of aromatic nitrogens is 1. The monoisotopic (exact) mass is 281 g/mol. The average Bonchev–Trinajstić information content (AvgIpc) is 2.46. The summed E-state index contributed by atoms with van der Waals surface area (Å²) in [5.74, 6) is 0.230. The molecule has 1 amide bonds. The lowest BCUT2D eigenvalue weighted by Crippen LogP contribution is -2.16. The molecule has 0 atom stereocenters. The van der Waals surface area contributed by atoms with Crippen LogP contribution in [0, 0.1) is 25.2 Å². The highest BCUT2D eigenvalue weighted by atomic mass is 16.5. The van der Waals surface area contributed by atoms with Gasteiger partial charge in [0, 0.05) is 5.69 Å². The van der Waals surface area contributed by atoms with Crippen LogP contribution in [0.1, 0.15) is 22.4 Å². The van der Waals surface area contributed by atoms with Crippen molar-refractivity contribution >= 4 is 11.9 Å². The molecule has 2 rings (SSSR count). The maximum absolute atomic E-state index is 11.8. The van der Waals surface area contributed by atoms with E-state index in [4.69, 9.17) is 10.00 Å². The van der Waals surface area contributed by atoms with Crippen LogP contribution in [0.2, 0.25) is 0 Å². The van der Waals surface area contributed by atoms with Crippen LogP contribution in [-0.2, 0) is 11.3 Å². The molecule has 0 bridgehead atoms. The Morgan fingerprint density at radius 3 is 2.71 bits per heavy atom. The number of hydrogen-bond donors (Lipinski definition) is 1. The Morgan fingerprint density at radius 1 is 1.33 bits per heavy atom. The highest BCUT2D eigenvalue weighted by Crippen LogP contribution is 2.17. The van der Waals surface area contributed by atoms with Gasteiger partial charge in [-0.25, -0.2) is 9.78 Å². The fourth-order valence-electron chi connectivity index (χ4n) is 1.92. The number of carbonyl (C=O) groups is 1. The van der Waals surface area contributed by atoms with Crippen molar-refractivity contribution in [2.24, 2.45) is 0 Å². The first kappa shape index (κ1) is 14.5. The Morgan fingerprint density at radius 2 is 2.05 bits per heavy atom. The van der Waals surface area contributed by atoms with E-state index in [1.807, 2.05) is 36.4 Å². The normalized spacial score (nSPS) is 9.76. The summed E-state index contributed by atoms with van der Waals surface area (Å²) in [6.45, 7) is 3.77. The minimum Gasteiger partial charge on any atom is -0.444 e. The van der Waals surface area contributed by atoms with E-state index in [1.165, 1.54) is 0 Å². The summed E-state index contributed by atoms with van der Waals surface area (Å²) in [6.07, 6.45) is -0.632. The fraction of sp³-hybridized carbons (Fsp3) is 0.188. The first-order valence-corrected chi connectivity index (χ1v) is 6.46. The van der Waals surface area contributed by atoms with Crippen LogP contribution >= 0.6 is 0 Å². The van der Waals surface area contributed by atoms with Crippen molar-refractivity contribution in [2.75, 3.05) is 5.32 Å². The number of nitrogens with one attached hydrogen (secondary N) is 1. The van der Waals surface area contributed by atoms with Gasteiger partial charge in [-0.2, -0.15) is 5.26 Å². The molecule has 1 N–H and O–H groups in total. The number of ether oxygens (including phenoxy) is 1. The number of amides is 1. The largest absolute Gasteiger partial charge is 0.444 e. The number of benzene rings is 1. The summed E-state index contributed by atoms with van der Waals surface area (Å²) in [4.78, 5) is 16.0. The third-order valence-electron chi connectivity index (χ3n) is 2.89. The number of pyridine rings is 1. The van der Waals surface area contributed by atoms with Crippen molar-refractivity contribution < 1.29 is 9.53 Å². The van der Waals surface area contributed by atoms with Gasteiger partial charge in [0.2, 0.25) is 0 Å². The van der Waals surface area contributed by atoms with E-state index < -0.39 is 6.09 Å². The number of hydrogen-bond acceptors (Lipinski definition) is 4. The molecule has 0 aliphatic rings. The first-order chi connectivity index (χ1) is 10.1. The minimum absolute atomic E-state index is 0.166. The molecule has 0 unspecified atom stereocenters. The molecular weight excluding hydrogens is 266 g/mol. The Bertz CT molecular complexity index is 691. The summed E-state index contributed by atoms with van der Waals surface area (Å²) in [6, 6.07) is 13.2. The van der Waals surface area contributed by atoms with E-state index in [2.05, 4.69) is 10.3 Å². The van der Waals surface area contributed by atoms with E-state index in [0.717, 1.165) is 16.8 Å². The zero-order chi connectivity index (χ0) is 15.2. The van der Waals surface area contributed by atoms with Gasteiger partial charge in [-0.05, 0) is 31.0 Å². The van der Waals surface area contributed by atoms with Crippen molar-refractivity contribution in [3.8, 4) is 6.07 Å². The molecule has 1 aromatic heterocycles. The van der Waals surface area contributed by atoms with Crippen LogP contribution < -0.4 is 5.32 Å². The molecule has 2 aromatic rings. The Kier molecular flexibility index (Phi) is 4.52. The molecular formula is C16H15N3O2. The summed E-state index contributed by atoms with van der Waals surface area (Å²) in [7, 11) is 0. The van der Waals surface area contributed by atoms with Crippen LogP contribution in [0.5, 0.6) is 0 Å². The van der Waals surface area contributed by atoms with Gasteiger partial charge in [0.1, 0.15) is 12.7 Å². The molecule has 0 radical (unpaired) electrons. The minimum atomic E-state index is -0.632. The molecule has 5 heteroatoms. The van der Waals surface area contributed by atoms with Crippen LogP contribution in [0.15, 0.2) is 36.4 Å². The third kappa shape index (κ3) is 3.80. The second kappa shape index (κ2) is 6.53. The highest BCUT2D eigenvalue weighted by molar-refractivity contribution is 5.85. The zero-order valence-electron chi connectivity index (χ0n) is 11.9. The number of aryl methyl sites for hydroxylation is 2. The Hall–Kier alpha value is -2.87. The van der Waals surface area contributed by atoms with Crippen molar-refractivity contribution in [1.29, 1.82) is 5.26 Å². The summed E-state index contributed by atoms with van der Waals surface area (Å²) < 4.78 is 5.11. The maximum atomic E-state index is 11.8. The maximum Gasteiger partial charge on any atom is 0.413 e. The summed E-state index contributed by atoms with van der Waals surface area (Å²) in [5, 5.41) is 11.6. The lowest BCUT2D eigenvalue weighted by atomic mass is 10.1. The number of carbonyl (C=O) groups excluding carboxylic acids is 1. The molecule has 1 heterocycles. The first-order valence-electron chi connectivity index (χ1n) is 6.46. The number of nitrogens with zero attached hydrogens (tertiary/aromatic N) is 2. The zero-order valence-corrected chi connectivity index (χ0v) is 11.9. The lowest BCUT2D eigenvalue weighted by molar-refractivity contribution is 0.155. The molecule has 0 saturated carbocycles. The predicted molar refractivity (Wildman–Crippen MR) is 78.7 cm³/mol. The lowest BCUT2D eigenvalue weighted by Gasteiger charge is -2.10. The standard InChI is InChI=1S/C16H15N3O2/c1-11-8-12(2)18-15(14(11)9-17)19-16(20)21-10-13-6-4-3-5-7-13/h3-8H,10H2,1-2H3,(H,18,19,20). The molecule has 106 valence electrons. The van der Waals surface area contributed by atoms with E-state index >= 15 is 0 Å². The van der Waals surface area contributed by atoms with Crippen molar-refractivity contribution in [2.45, 2.75) is 20.5 Å². The quantitative estimate of drug-likeness (QED) is 0.936. The van der Waals surface area contributed by atoms with Gasteiger partial charge in [0.15, 0.2) is 5.82 Å². The smallest absolute Gasteiger partial charge is 0.413 e. The molecule has 1 aromatic carbocycles. The molecule has 5 nitrogen and oxygen atoms in total. The molecule has 0 aliphatic carbocycles. The summed E-state index contributed by atoms with van der Waals surface area (Å²) >= 11 is 0. The predicted octanol–water partition coefficient (Wildman–Crippen LogP) is 3.32. The van der Waals surface area contributed by atoms with Crippen LogP contribution in [0.3, 0.4) is 0 Å². The van der Waals surface area contributed by atoms with Gasteiger partial charge < -0.3 is 4.74 Å². The van der Waals surface area contributed by atoms with Gasteiger partial charge >= 0.3 is 6.09 Å². The van der Waals surface area contributed by atoms with Gasteiger partial charge in [0.05, 0.1) is 5.56 Å². The third-order valence-corrected chi connectivity index (χ3v) is 2.89. The summed E-state index contributed by atoms with van der Waals surface area (Å²) in [5.41, 5.74) is 2.73. The van der Waals surface area contributed by atoms with Crippen LogP contribution in [0.25, 0.3) is 0 Å². The van der Waals surface area contributed by atoms with Crippen molar-refractivity contribution in [1.82, 2.24) is 4.98 Å². The fourth-order valence-corrected chi connectivity index (χ4v) is 1.92. The highest BCUT2D eigenvalue weighted by Gasteiger charge is 2.12. The van der Waals surface area contributed by atoms with Gasteiger partial charge in [-0.1, -0.05) is 30.3 Å². The number of rotatable bonds is 3. The number of nitriles is 1. The van der Waals surface area contributed by atoms with Crippen molar-refractivity contribution in [3.63, 3.8) is 0 Å². The van der Waals surface area contributed by atoms with Crippen molar-refractivity contribution in [3.05, 3.63) is 58.8 Å². The van der Waals surface area contributed by atoms with Gasteiger partial charge in [0.25, 0.3) is 0 Å². The molecule has 0 saturated heterocycles. The number of anilines is 1.